The summed E-state index contributed by atoms with van der Waals surface area (Å²) >= 11 is 0. The molecule has 5 heteroatoms. The van der Waals surface area contributed by atoms with Crippen LogP contribution in [0.2, 0.25) is 0 Å². The number of phenolic OH excluding ortho intramolecular Hbond substituents is 1. The van der Waals surface area contributed by atoms with Crippen molar-refractivity contribution in [2.75, 3.05) is 0 Å². The van der Waals surface area contributed by atoms with E-state index in [0.717, 1.165) is 17.8 Å². The number of hydrogen-bond acceptors (Lipinski definition) is 5. The SMILES string of the molecule is CC1CC1c1noc(C(N)Cc2ccc(O)cc2)n1. The van der Waals surface area contributed by atoms with Crippen LogP contribution in [0.25, 0.3) is 0 Å². The van der Waals surface area contributed by atoms with Crippen LogP contribution in [0.5, 0.6) is 5.75 Å². The molecule has 2 aromatic rings. The highest BCUT2D eigenvalue weighted by Gasteiger charge is 2.38. The smallest absolute Gasteiger partial charge is 0.243 e. The Labute approximate surface area is 111 Å². The topological polar surface area (TPSA) is 85.2 Å². The lowest BCUT2D eigenvalue weighted by molar-refractivity contribution is 0.350. The molecule has 1 aromatic heterocycles. The molecule has 1 fully saturated rings. The Morgan fingerprint density at radius 1 is 1.42 bits per heavy atom. The van der Waals surface area contributed by atoms with Gasteiger partial charge in [-0.2, -0.15) is 4.98 Å². The fourth-order valence-electron chi connectivity index (χ4n) is 2.20. The molecule has 0 saturated heterocycles. The van der Waals surface area contributed by atoms with Crippen LogP contribution in [0.1, 0.15) is 42.6 Å². The average molecular weight is 259 g/mol. The van der Waals surface area contributed by atoms with Crippen LogP contribution in [-0.4, -0.2) is 15.2 Å². The average Bonchev–Trinajstić information content (AvgIpc) is 2.93. The van der Waals surface area contributed by atoms with Gasteiger partial charge in [0.2, 0.25) is 5.89 Å². The summed E-state index contributed by atoms with van der Waals surface area (Å²) in [5.41, 5.74) is 7.11. The van der Waals surface area contributed by atoms with E-state index in [1.165, 1.54) is 0 Å². The summed E-state index contributed by atoms with van der Waals surface area (Å²) in [6.07, 6.45) is 1.74. The van der Waals surface area contributed by atoms with E-state index < -0.39 is 0 Å². The summed E-state index contributed by atoms with van der Waals surface area (Å²) in [5.74, 6) is 2.61. The van der Waals surface area contributed by atoms with Gasteiger partial charge >= 0.3 is 0 Å². The first-order chi connectivity index (χ1) is 9.13. The van der Waals surface area contributed by atoms with E-state index in [-0.39, 0.29) is 11.8 Å². The zero-order valence-electron chi connectivity index (χ0n) is 10.8. The predicted molar refractivity (Wildman–Crippen MR) is 69.6 cm³/mol. The zero-order valence-corrected chi connectivity index (χ0v) is 10.8. The monoisotopic (exact) mass is 259 g/mol. The fraction of sp³-hybridized carbons (Fsp3) is 0.429. The van der Waals surface area contributed by atoms with E-state index in [0.29, 0.717) is 24.1 Å². The first-order valence-corrected chi connectivity index (χ1v) is 6.50. The number of nitrogens with two attached hydrogens (primary N) is 1. The molecule has 3 atom stereocenters. The minimum Gasteiger partial charge on any atom is -0.508 e. The molecular formula is C14H17N3O2. The van der Waals surface area contributed by atoms with Crippen LogP contribution < -0.4 is 5.73 Å². The number of aromatic nitrogens is 2. The number of hydrogen-bond donors (Lipinski definition) is 2. The molecular weight excluding hydrogens is 242 g/mol. The number of rotatable bonds is 4. The third-order valence-electron chi connectivity index (χ3n) is 3.61. The van der Waals surface area contributed by atoms with Gasteiger partial charge in [0.1, 0.15) is 5.75 Å². The van der Waals surface area contributed by atoms with Crippen molar-refractivity contribution in [3.8, 4) is 5.75 Å². The standard InChI is InChI=1S/C14H17N3O2/c1-8-6-11(8)13-16-14(19-17-13)12(15)7-9-2-4-10(18)5-3-9/h2-5,8,11-12,18H,6-7,15H2,1H3. The van der Waals surface area contributed by atoms with E-state index in [1.54, 1.807) is 12.1 Å². The van der Waals surface area contributed by atoms with Gasteiger partial charge in [0.15, 0.2) is 5.82 Å². The highest BCUT2D eigenvalue weighted by molar-refractivity contribution is 5.26. The van der Waals surface area contributed by atoms with Gasteiger partial charge < -0.3 is 15.4 Å². The van der Waals surface area contributed by atoms with Crippen molar-refractivity contribution < 1.29 is 9.63 Å². The van der Waals surface area contributed by atoms with Gasteiger partial charge in [0.05, 0.1) is 6.04 Å². The van der Waals surface area contributed by atoms with Crippen molar-refractivity contribution >= 4 is 0 Å². The first-order valence-electron chi connectivity index (χ1n) is 6.50. The maximum absolute atomic E-state index is 9.23. The molecule has 1 aliphatic rings. The molecule has 1 aliphatic carbocycles. The number of benzene rings is 1. The summed E-state index contributed by atoms with van der Waals surface area (Å²) in [5, 5.41) is 13.2. The predicted octanol–water partition coefficient (Wildman–Crippen LogP) is 2.14. The van der Waals surface area contributed by atoms with Crippen molar-refractivity contribution in [1.82, 2.24) is 10.1 Å². The molecule has 1 aromatic carbocycles. The molecule has 19 heavy (non-hydrogen) atoms. The number of phenols is 1. The molecule has 5 nitrogen and oxygen atoms in total. The Kier molecular flexibility index (Phi) is 2.98. The van der Waals surface area contributed by atoms with Crippen molar-refractivity contribution in [3.05, 3.63) is 41.5 Å². The zero-order chi connectivity index (χ0) is 13.4. The maximum atomic E-state index is 9.23. The van der Waals surface area contributed by atoms with Gasteiger partial charge in [-0.1, -0.05) is 24.2 Å². The normalized spacial score (nSPS) is 23.3. The molecule has 1 heterocycles. The van der Waals surface area contributed by atoms with Crippen molar-refractivity contribution in [2.24, 2.45) is 11.7 Å². The molecule has 3 N–H and O–H groups in total. The minimum absolute atomic E-state index is 0.250. The van der Waals surface area contributed by atoms with Crippen LogP contribution in [0, 0.1) is 5.92 Å². The van der Waals surface area contributed by atoms with Crippen LogP contribution in [-0.2, 0) is 6.42 Å². The van der Waals surface area contributed by atoms with Crippen molar-refractivity contribution in [3.63, 3.8) is 0 Å². The first kappa shape index (κ1) is 12.2. The van der Waals surface area contributed by atoms with Crippen LogP contribution in [0.3, 0.4) is 0 Å². The van der Waals surface area contributed by atoms with E-state index in [9.17, 15) is 5.11 Å². The highest BCUT2D eigenvalue weighted by Crippen LogP contribution is 2.45. The Morgan fingerprint density at radius 3 is 2.74 bits per heavy atom. The van der Waals surface area contributed by atoms with Gasteiger partial charge in [-0.25, -0.2) is 0 Å². The largest absolute Gasteiger partial charge is 0.508 e. The van der Waals surface area contributed by atoms with E-state index in [1.807, 2.05) is 12.1 Å². The Hall–Kier alpha value is -1.88. The van der Waals surface area contributed by atoms with Gasteiger partial charge in [0, 0.05) is 5.92 Å². The summed E-state index contributed by atoms with van der Waals surface area (Å²) in [6.45, 7) is 2.18. The maximum Gasteiger partial charge on any atom is 0.243 e. The lowest BCUT2D eigenvalue weighted by Gasteiger charge is -2.06. The summed E-state index contributed by atoms with van der Waals surface area (Å²) in [7, 11) is 0. The molecule has 3 rings (SSSR count). The lowest BCUT2D eigenvalue weighted by Crippen LogP contribution is -2.13. The molecule has 0 bridgehead atoms. The van der Waals surface area contributed by atoms with E-state index in [2.05, 4.69) is 17.1 Å². The van der Waals surface area contributed by atoms with Crippen molar-refractivity contribution in [2.45, 2.75) is 31.7 Å². The summed E-state index contributed by atoms with van der Waals surface area (Å²) in [6, 6.07) is 6.67. The molecule has 3 unspecified atom stereocenters. The Morgan fingerprint density at radius 2 is 2.11 bits per heavy atom. The second-order valence-electron chi connectivity index (χ2n) is 5.29. The van der Waals surface area contributed by atoms with Gasteiger partial charge in [0.25, 0.3) is 0 Å². The minimum atomic E-state index is -0.306. The van der Waals surface area contributed by atoms with Crippen LogP contribution in [0.15, 0.2) is 28.8 Å². The second kappa shape index (κ2) is 4.66. The molecule has 100 valence electrons. The second-order valence-corrected chi connectivity index (χ2v) is 5.29. The quantitative estimate of drug-likeness (QED) is 0.878. The Bertz CT molecular complexity index is 564. The van der Waals surface area contributed by atoms with Crippen LogP contribution in [0.4, 0.5) is 0 Å². The summed E-state index contributed by atoms with van der Waals surface area (Å²) in [4.78, 5) is 4.38. The molecule has 1 saturated carbocycles. The van der Waals surface area contributed by atoms with Gasteiger partial charge in [-0.05, 0) is 36.5 Å². The van der Waals surface area contributed by atoms with Crippen LogP contribution >= 0.6 is 0 Å². The van der Waals surface area contributed by atoms with E-state index >= 15 is 0 Å². The molecule has 0 amide bonds. The third-order valence-corrected chi connectivity index (χ3v) is 3.61. The van der Waals surface area contributed by atoms with Gasteiger partial charge in [-0.15, -0.1) is 0 Å². The fourth-order valence-corrected chi connectivity index (χ4v) is 2.20. The lowest BCUT2D eigenvalue weighted by atomic mass is 10.1. The number of nitrogens with zero attached hydrogens (tertiary/aromatic N) is 2. The molecule has 0 aliphatic heterocycles. The third kappa shape index (κ3) is 2.61. The highest BCUT2D eigenvalue weighted by atomic mass is 16.5. The molecule has 0 spiro atoms. The molecule has 0 radical (unpaired) electrons. The Balaban J connectivity index is 1.68. The van der Waals surface area contributed by atoms with E-state index in [4.69, 9.17) is 10.3 Å². The van der Waals surface area contributed by atoms with Crippen molar-refractivity contribution in [1.29, 1.82) is 0 Å². The number of aromatic hydroxyl groups is 1. The summed E-state index contributed by atoms with van der Waals surface area (Å²) < 4.78 is 5.24. The van der Waals surface area contributed by atoms with Gasteiger partial charge in [-0.3, -0.25) is 0 Å².